The highest BCUT2D eigenvalue weighted by atomic mass is 35.5. The fourth-order valence-corrected chi connectivity index (χ4v) is 2.67. The van der Waals surface area contributed by atoms with Crippen molar-refractivity contribution < 1.29 is 13.6 Å². The summed E-state index contributed by atoms with van der Waals surface area (Å²) >= 11 is 5.94. The summed E-state index contributed by atoms with van der Waals surface area (Å²) in [6.45, 7) is 1.94. The maximum Gasteiger partial charge on any atom is 0.280 e. The van der Waals surface area contributed by atoms with Crippen LogP contribution in [0.4, 0.5) is 14.5 Å². The Kier molecular flexibility index (Phi) is 5.23. The number of benzene rings is 1. The maximum atomic E-state index is 12.7. The average Bonchev–Trinajstić information content (AvgIpc) is 2.63. The molecule has 2 heterocycles. The van der Waals surface area contributed by atoms with Gasteiger partial charge in [-0.3, -0.25) is 9.78 Å². The molecule has 3 aromatic rings. The highest BCUT2D eigenvalue weighted by Crippen LogP contribution is 2.28. The predicted molar refractivity (Wildman–Crippen MR) is 96.6 cm³/mol. The Hall–Kier alpha value is -2.86. The molecule has 0 saturated heterocycles. The van der Waals surface area contributed by atoms with Gasteiger partial charge in [-0.15, -0.1) is 0 Å². The van der Waals surface area contributed by atoms with Crippen molar-refractivity contribution in [1.82, 2.24) is 9.97 Å². The third kappa shape index (κ3) is 4.03. The molecule has 0 spiro atoms. The topological polar surface area (TPSA) is 54.9 Å². The van der Waals surface area contributed by atoms with E-state index in [2.05, 4.69) is 15.3 Å². The summed E-state index contributed by atoms with van der Waals surface area (Å²) in [7, 11) is 0. The van der Waals surface area contributed by atoms with Crippen molar-refractivity contribution in [3.8, 4) is 11.1 Å². The standard InChI is InChI=1S/C19H14ClF2N3O/c1-11-2-3-14(10-15(11)12-4-7-24-17(20)9-12)25-19(26)13-5-6-23-16(8-13)18(21)22/h2-10,18H,1H3,(H,25,26). The number of alkyl halides is 2. The smallest absolute Gasteiger partial charge is 0.280 e. The van der Waals surface area contributed by atoms with Gasteiger partial charge in [-0.05, 0) is 60.0 Å². The van der Waals surface area contributed by atoms with Crippen LogP contribution in [0.1, 0.15) is 28.0 Å². The quantitative estimate of drug-likeness (QED) is 0.632. The zero-order valence-electron chi connectivity index (χ0n) is 13.7. The van der Waals surface area contributed by atoms with Crippen LogP contribution in [0.3, 0.4) is 0 Å². The number of aromatic nitrogens is 2. The van der Waals surface area contributed by atoms with Gasteiger partial charge in [-0.2, -0.15) is 0 Å². The molecule has 4 nitrogen and oxygen atoms in total. The lowest BCUT2D eigenvalue weighted by atomic mass is 10.0. The molecule has 132 valence electrons. The van der Waals surface area contributed by atoms with Crippen molar-refractivity contribution in [2.75, 3.05) is 5.32 Å². The monoisotopic (exact) mass is 373 g/mol. The highest BCUT2D eigenvalue weighted by molar-refractivity contribution is 6.29. The van der Waals surface area contributed by atoms with Crippen molar-refractivity contribution in [3.05, 3.63) is 76.8 Å². The minimum atomic E-state index is -2.73. The number of rotatable bonds is 4. The molecule has 0 fully saturated rings. The normalized spacial score (nSPS) is 10.8. The average molecular weight is 374 g/mol. The van der Waals surface area contributed by atoms with Gasteiger partial charge >= 0.3 is 0 Å². The first-order valence-corrected chi connectivity index (χ1v) is 8.10. The first-order valence-electron chi connectivity index (χ1n) is 7.72. The second-order valence-corrected chi connectivity index (χ2v) is 6.01. The van der Waals surface area contributed by atoms with Gasteiger partial charge in [0.2, 0.25) is 0 Å². The Bertz CT molecular complexity index is 963. The van der Waals surface area contributed by atoms with Crippen LogP contribution in [0.15, 0.2) is 54.9 Å². The van der Waals surface area contributed by atoms with E-state index in [4.69, 9.17) is 11.6 Å². The molecule has 2 aromatic heterocycles. The predicted octanol–water partition coefficient (Wildman–Crippen LogP) is 5.30. The molecule has 0 bridgehead atoms. The fourth-order valence-electron chi connectivity index (χ4n) is 2.49. The van der Waals surface area contributed by atoms with Gasteiger partial charge in [0.25, 0.3) is 12.3 Å². The lowest BCUT2D eigenvalue weighted by Crippen LogP contribution is -2.12. The lowest BCUT2D eigenvalue weighted by Gasteiger charge is -2.11. The number of carbonyl (C=O) groups excluding carboxylic acids is 1. The van der Waals surface area contributed by atoms with Crippen LogP contribution >= 0.6 is 11.6 Å². The number of anilines is 1. The number of amides is 1. The van der Waals surface area contributed by atoms with E-state index in [-0.39, 0.29) is 5.56 Å². The molecular formula is C19H14ClF2N3O. The zero-order valence-corrected chi connectivity index (χ0v) is 14.5. The van der Waals surface area contributed by atoms with Crippen molar-refractivity contribution in [1.29, 1.82) is 0 Å². The molecule has 0 radical (unpaired) electrons. The number of hydrogen-bond acceptors (Lipinski definition) is 3. The van der Waals surface area contributed by atoms with Crippen LogP contribution < -0.4 is 5.32 Å². The minimum absolute atomic E-state index is 0.115. The highest BCUT2D eigenvalue weighted by Gasteiger charge is 2.13. The number of carbonyl (C=O) groups is 1. The SMILES string of the molecule is Cc1ccc(NC(=O)c2ccnc(C(F)F)c2)cc1-c1ccnc(Cl)c1. The molecule has 1 N–H and O–H groups in total. The van der Waals surface area contributed by atoms with Crippen LogP contribution in [0.5, 0.6) is 0 Å². The third-order valence-electron chi connectivity index (χ3n) is 3.80. The van der Waals surface area contributed by atoms with E-state index >= 15 is 0 Å². The summed E-state index contributed by atoms with van der Waals surface area (Å²) in [5, 5.41) is 3.08. The molecule has 0 aliphatic carbocycles. The van der Waals surface area contributed by atoms with Crippen molar-refractivity contribution in [3.63, 3.8) is 0 Å². The molecule has 0 aliphatic heterocycles. The van der Waals surface area contributed by atoms with E-state index < -0.39 is 18.0 Å². The van der Waals surface area contributed by atoms with Crippen molar-refractivity contribution >= 4 is 23.2 Å². The first-order chi connectivity index (χ1) is 12.4. The fraction of sp³-hybridized carbons (Fsp3) is 0.105. The number of halogens is 3. The Labute approximate surface area is 153 Å². The largest absolute Gasteiger partial charge is 0.322 e. The Balaban J connectivity index is 1.88. The maximum absolute atomic E-state index is 12.7. The van der Waals surface area contributed by atoms with E-state index in [1.807, 2.05) is 19.1 Å². The van der Waals surface area contributed by atoms with Gasteiger partial charge < -0.3 is 5.32 Å². The number of hydrogen-bond donors (Lipinski definition) is 1. The Morgan fingerprint density at radius 1 is 1.08 bits per heavy atom. The molecule has 1 aromatic carbocycles. The van der Waals surface area contributed by atoms with Gasteiger partial charge in [-0.25, -0.2) is 13.8 Å². The summed E-state index contributed by atoms with van der Waals surface area (Å²) in [5.74, 6) is -0.489. The lowest BCUT2D eigenvalue weighted by molar-refractivity contribution is 0.102. The Morgan fingerprint density at radius 2 is 1.85 bits per heavy atom. The number of aryl methyl sites for hydroxylation is 1. The van der Waals surface area contributed by atoms with Gasteiger partial charge in [0.05, 0.1) is 0 Å². The van der Waals surface area contributed by atoms with Crippen molar-refractivity contribution in [2.45, 2.75) is 13.3 Å². The summed E-state index contributed by atoms with van der Waals surface area (Å²) in [6, 6.07) is 11.4. The number of pyridine rings is 2. The van der Waals surface area contributed by atoms with E-state index in [1.165, 1.54) is 12.3 Å². The summed E-state index contributed by atoms with van der Waals surface area (Å²) < 4.78 is 25.5. The molecule has 0 saturated carbocycles. The van der Waals surface area contributed by atoms with Gasteiger partial charge in [0.15, 0.2) is 0 Å². The molecule has 0 atom stereocenters. The summed E-state index contributed by atoms with van der Waals surface area (Å²) in [5.41, 5.74) is 2.96. The minimum Gasteiger partial charge on any atom is -0.322 e. The Morgan fingerprint density at radius 3 is 2.58 bits per heavy atom. The van der Waals surface area contributed by atoms with Crippen LogP contribution in [-0.4, -0.2) is 15.9 Å². The first kappa shape index (κ1) is 17.9. The second kappa shape index (κ2) is 7.58. The molecular weight excluding hydrogens is 360 g/mol. The summed E-state index contributed by atoms with van der Waals surface area (Å²) in [6.07, 6.45) is 0.0615. The van der Waals surface area contributed by atoms with E-state index in [1.54, 1.807) is 24.4 Å². The zero-order chi connectivity index (χ0) is 18.7. The molecule has 0 aliphatic rings. The van der Waals surface area contributed by atoms with Gasteiger partial charge in [0.1, 0.15) is 10.8 Å². The third-order valence-corrected chi connectivity index (χ3v) is 4.01. The molecule has 3 rings (SSSR count). The van der Waals surface area contributed by atoms with Crippen LogP contribution in [0.25, 0.3) is 11.1 Å². The molecule has 0 unspecified atom stereocenters. The van der Waals surface area contributed by atoms with E-state index in [9.17, 15) is 13.6 Å². The van der Waals surface area contributed by atoms with Gasteiger partial charge in [-0.1, -0.05) is 17.7 Å². The van der Waals surface area contributed by atoms with Gasteiger partial charge in [0, 0.05) is 23.6 Å². The van der Waals surface area contributed by atoms with Crippen LogP contribution in [0, 0.1) is 6.92 Å². The molecule has 26 heavy (non-hydrogen) atoms. The van der Waals surface area contributed by atoms with Crippen LogP contribution in [-0.2, 0) is 0 Å². The molecule has 7 heteroatoms. The van der Waals surface area contributed by atoms with Crippen LogP contribution in [0.2, 0.25) is 5.15 Å². The van der Waals surface area contributed by atoms with Crippen molar-refractivity contribution in [2.24, 2.45) is 0 Å². The number of nitrogens with zero attached hydrogens (tertiary/aromatic N) is 2. The molecule has 1 amide bonds. The second-order valence-electron chi connectivity index (χ2n) is 5.62. The summed E-state index contributed by atoms with van der Waals surface area (Å²) in [4.78, 5) is 19.9. The van der Waals surface area contributed by atoms with E-state index in [0.717, 1.165) is 22.8 Å². The number of nitrogens with one attached hydrogen (secondary N) is 1. The van der Waals surface area contributed by atoms with E-state index in [0.29, 0.717) is 10.8 Å².